The molecule has 0 amide bonds. The summed E-state index contributed by atoms with van der Waals surface area (Å²) in [6, 6.07) is 2.32. The van der Waals surface area contributed by atoms with Gasteiger partial charge in [-0.1, -0.05) is 27.2 Å². The Bertz CT molecular complexity index is 117. The predicted molar refractivity (Wildman–Crippen MR) is 47.0 cm³/mol. The minimum absolute atomic E-state index is 0.204. The van der Waals surface area contributed by atoms with Crippen molar-refractivity contribution in [1.82, 2.24) is 0 Å². The number of thioether (sulfide) groups is 1. The van der Waals surface area contributed by atoms with Crippen molar-refractivity contribution < 1.29 is 0 Å². The van der Waals surface area contributed by atoms with E-state index in [1.807, 2.05) is 0 Å². The highest BCUT2D eigenvalue weighted by Crippen LogP contribution is 2.20. The number of nitrogens with zero attached hydrogens (tertiary/aromatic N) is 1. The number of hydrogen-bond acceptors (Lipinski definition) is 2. The van der Waals surface area contributed by atoms with E-state index >= 15 is 0 Å². The predicted octanol–water partition coefficient (Wildman–Crippen LogP) is 2.68. The summed E-state index contributed by atoms with van der Waals surface area (Å²) in [4.78, 5) is 0. The second-order valence-corrected chi connectivity index (χ2v) is 3.81. The van der Waals surface area contributed by atoms with E-state index in [2.05, 4.69) is 26.8 Å². The number of hydrogen-bond donors (Lipinski definition) is 0. The highest BCUT2D eigenvalue weighted by Gasteiger charge is 2.13. The standard InChI is InChI=1S/C8H15NS/c1-4-7(3)8(6-9)10-5-2/h7-8H,4-5H2,1-3H3. The van der Waals surface area contributed by atoms with Gasteiger partial charge >= 0.3 is 0 Å². The molecule has 0 heterocycles. The van der Waals surface area contributed by atoms with E-state index in [0.717, 1.165) is 12.2 Å². The lowest BCUT2D eigenvalue weighted by Gasteiger charge is -2.13. The van der Waals surface area contributed by atoms with Crippen LogP contribution in [0.15, 0.2) is 0 Å². The summed E-state index contributed by atoms with van der Waals surface area (Å²) in [7, 11) is 0. The lowest BCUT2D eigenvalue weighted by molar-refractivity contribution is 0.589. The van der Waals surface area contributed by atoms with Crippen LogP contribution in [0.4, 0.5) is 0 Å². The van der Waals surface area contributed by atoms with Crippen molar-refractivity contribution >= 4 is 11.8 Å². The van der Waals surface area contributed by atoms with Crippen LogP contribution in [0.5, 0.6) is 0 Å². The first kappa shape index (κ1) is 9.84. The Morgan fingerprint density at radius 1 is 1.50 bits per heavy atom. The Kier molecular flexibility index (Phi) is 5.52. The van der Waals surface area contributed by atoms with E-state index in [1.165, 1.54) is 0 Å². The van der Waals surface area contributed by atoms with Crippen LogP contribution in [-0.2, 0) is 0 Å². The Morgan fingerprint density at radius 3 is 2.40 bits per heavy atom. The fraction of sp³-hybridized carbons (Fsp3) is 0.875. The average Bonchev–Trinajstić information content (AvgIpc) is 1.99. The van der Waals surface area contributed by atoms with Gasteiger partial charge in [0.25, 0.3) is 0 Å². The molecule has 0 aliphatic rings. The number of rotatable bonds is 4. The quantitative estimate of drug-likeness (QED) is 0.626. The molecule has 0 radical (unpaired) electrons. The van der Waals surface area contributed by atoms with Crippen LogP contribution < -0.4 is 0 Å². The molecule has 0 fully saturated rings. The van der Waals surface area contributed by atoms with Gasteiger partial charge < -0.3 is 0 Å². The largest absolute Gasteiger partial charge is 0.197 e. The van der Waals surface area contributed by atoms with Gasteiger partial charge in [-0.25, -0.2) is 0 Å². The molecule has 1 nitrogen and oxygen atoms in total. The zero-order valence-corrected chi connectivity index (χ0v) is 7.74. The summed E-state index contributed by atoms with van der Waals surface area (Å²) in [6.07, 6.45) is 1.10. The van der Waals surface area contributed by atoms with Crippen molar-refractivity contribution in [1.29, 1.82) is 5.26 Å². The third-order valence-corrected chi connectivity index (χ3v) is 2.90. The maximum absolute atomic E-state index is 8.69. The van der Waals surface area contributed by atoms with Gasteiger partial charge in [-0.05, 0) is 11.7 Å². The SMILES string of the molecule is CCSC(C#N)C(C)CC. The molecule has 0 aromatic carbocycles. The molecule has 0 aromatic rings. The molecule has 0 aliphatic heterocycles. The molecule has 0 aromatic heterocycles. The van der Waals surface area contributed by atoms with E-state index in [9.17, 15) is 0 Å². The van der Waals surface area contributed by atoms with E-state index < -0.39 is 0 Å². The lowest BCUT2D eigenvalue weighted by Crippen LogP contribution is -2.10. The Morgan fingerprint density at radius 2 is 2.10 bits per heavy atom. The monoisotopic (exact) mass is 157 g/mol. The molecule has 0 N–H and O–H groups in total. The van der Waals surface area contributed by atoms with Crippen molar-refractivity contribution in [3.63, 3.8) is 0 Å². The van der Waals surface area contributed by atoms with Crippen molar-refractivity contribution in [2.45, 2.75) is 32.4 Å². The highest BCUT2D eigenvalue weighted by atomic mass is 32.2. The van der Waals surface area contributed by atoms with Gasteiger partial charge in [0.2, 0.25) is 0 Å². The molecule has 2 heteroatoms. The fourth-order valence-corrected chi connectivity index (χ4v) is 1.68. The first-order valence-electron chi connectivity index (χ1n) is 3.77. The topological polar surface area (TPSA) is 23.8 Å². The first-order valence-corrected chi connectivity index (χ1v) is 4.82. The summed E-state index contributed by atoms with van der Waals surface area (Å²) < 4.78 is 0. The maximum Gasteiger partial charge on any atom is 0.0941 e. The van der Waals surface area contributed by atoms with Crippen LogP contribution in [-0.4, -0.2) is 11.0 Å². The molecular formula is C8H15NS. The second-order valence-electron chi connectivity index (χ2n) is 2.39. The summed E-state index contributed by atoms with van der Waals surface area (Å²) in [6.45, 7) is 6.36. The maximum atomic E-state index is 8.69. The zero-order chi connectivity index (χ0) is 7.98. The Balaban J connectivity index is 3.71. The molecule has 58 valence electrons. The van der Waals surface area contributed by atoms with Crippen LogP contribution >= 0.6 is 11.8 Å². The summed E-state index contributed by atoms with van der Waals surface area (Å²) in [5.74, 6) is 1.58. The van der Waals surface area contributed by atoms with Crippen LogP contribution in [0.25, 0.3) is 0 Å². The van der Waals surface area contributed by atoms with Gasteiger partial charge in [-0.2, -0.15) is 5.26 Å². The molecule has 0 spiro atoms. The van der Waals surface area contributed by atoms with Crippen LogP contribution in [0.2, 0.25) is 0 Å². The van der Waals surface area contributed by atoms with Gasteiger partial charge in [0, 0.05) is 0 Å². The van der Waals surface area contributed by atoms with Crippen molar-refractivity contribution in [2.24, 2.45) is 5.92 Å². The molecule has 0 bridgehead atoms. The summed E-state index contributed by atoms with van der Waals surface area (Å²) in [5, 5.41) is 8.89. The number of nitriles is 1. The second kappa shape index (κ2) is 5.61. The lowest BCUT2D eigenvalue weighted by atomic mass is 10.1. The molecule has 2 unspecified atom stereocenters. The van der Waals surface area contributed by atoms with Crippen LogP contribution in [0.3, 0.4) is 0 Å². The molecule has 10 heavy (non-hydrogen) atoms. The summed E-state index contributed by atoms with van der Waals surface area (Å²) >= 11 is 1.75. The Hall–Kier alpha value is -0.160. The molecule has 0 saturated carbocycles. The normalized spacial score (nSPS) is 15.8. The molecule has 0 saturated heterocycles. The van der Waals surface area contributed by atoms with Crippen molar-refractivity contribution in [3.05, 3.63) is 0 Å². The first-order chi connectivity index (χ1) is 4.76. The molecule has 2 atom stereocenters. The van der Waals surface area contributed by atoms with E-state index in [4.69, 9.17) is 5.26 Å². The van der Waals surface area contributed by atoms with Gasteiger partial charge in [0.05, 0.1) is 11.3 Å². The molecule has 0 aliphatic carbocycles. The van der Waals surface area contributed by atoms with Crippen LogP contribution in [0, 0.1) is 17.2 Å². The minimum atomic E-state index is 0.204. The third-order valence-electron chi connectivity index (χ3n) is 1.63. The van der Waals surface area contributed by atoms with Gasteiger partial charge in [-0.15, -0.1) is 11.8 Å². The summed E-state index contributed by atoms with van der Waals surface area (Å²) in [5.41, 5.74) is 0. The van der Waals surface area contributed by atoms with Crippen LogP contribution in [0.1, 0.15) is 27.2 Å². The molecular weight excluding hydrogens is 142 g/mol. The van der Waals surface area contributed by atoms with Gasteiger partial charge in [-0.3, -0.25) is 0 Å². The van der Waals surface area contributed by atoms with E-state index in [1.54, 1.807) is 11.8 Å². The average molecular weight is 157 g/mol. The third kappa shape index (κ3) is 3.12. The van der Waals surface area contributed by atoms with Gasteiger partial charge in [0.1, 0.15) is 0 Å². The smallest absolute Gasteiger partial charge is 0.0941 e. The van der Waals surface area contributed by atoms with E-state index in [0.29, 0.717) is 5.92 Å². The van der Waals surface area contributed by atoms with Gasteiger partial charge in [0.15, 0.2) is 0 Å². The van der Waals surface area contributed by atoms with E-state index in [-0.39, 0.29) is 5.25 Å². The molecule has 0 rings (SSSR count). The fourth-order valence-electron chi connectivity index (χ4n) is 0.722. The minimum Gasteiger partial charge on any atom is -0.197 e. The van der Waals surface area contributed by atoms with Crippen molar-refractivity contribution in [2.75, 3.05) is 5.75 Å². The highest BCUT2D eigenvalue weighted by molar-refractivity contribution is 8.00. The Labute approximate surface area is 67.8 Å². The zero-order valence-electron chi connectivity index (χ0n) is 6.92. The van der Waals surface area contributed by atoms with Crippen molar-refractivity contribution in [3.8, 4) is 6.07 Å².